The molecule has 2 heteroatoms. The Kier molecular flexibility index (Phi) is 4.94. The van der Waals surface area contributed by atoms with Gasteiger partial charge in [0.05, 0.1) is 0 Å². The third kappa shape index (κ3) is 3.95. The Labute approximate surface area is 120 Å². The van der Waals surface area contributed by atoms with E-state index < -0.39 is 0 Å². The van der Waals surface area contributed by atoms with E-state index in [0.717, 1.165) is 12.0 Å². The summed E-state index contributed by atoms with van der Waals surface area (Å²) in [5.41, 5.74) is 6.65. The standard InChI is InChI=1S/C17H34N2/c1-13-12-19(11-10-16(13)18)15-7-5-6-14(8-9-15)17(2,3)4/h13-16H,5-12,18H2,1-4H3. The van der Waals surface area contributed by atoms with Gasteiger partial charge in [0, 0.05) is 18.6 Å². The summed E-state index contributed by atoms with van der Waals surface area (Å²) >= 11 is 0. The summed E-state index contributed by atoms with van der Waals surface area (Å²) in [6.07, 6.45) is 8.29. The van der Waals surface area contributed by atoms with Crippen molar-refractivity contribution < 1.29 is 0 Å². The summed E-state index contributed by atoms with van der Waals surface area (Å²) in [6, 6.07) is 1.27. The van der Waals surface area contributed by atoms with Crippen LogP contribution >= 0.6 is 0 Å². The van der Waals surface area contributed by atoms with Crippen LogP contribution in [-0.2, 0) is 0 Å². The monoisotopic (exact) mass is 266 g/mol. The van der Waals surface area contributed by atoms with E-state index in [1.54, 1.807) is 0 Å². The predicted molar refractivity (Wildman–Crippen MR) is 83.1 cm³/mol. The topological polar surface area (TPSA) is 29.3 Å². The first-order valence-electron chi connectivity index (χ1n) is 8.37. The van der Waals surface area contributed by atoms with Gasteiger partial charge in [-0.3, -0.25) is 0 Å². The summed E-state index contributed by atoms with van der Waals surface area (Å²) in [7, 11) is 0. The van der Waals surface area contributed by atoms with Crippen molar-refractivity contribution in [2.75, 3.05) is 13.1 Å². The molecule has 112 valence electrons. The van der Waals surface area contributed by atoms with Crippen molar-refractivity contribution in [3.63, 3.8) is 0 Å². The molecule has 0 bridgehead atoms. The molecule has 0 radical (unpaired) electrons. The molecule has 1 saturated carbocycles. The number of likely N-dealkylation sites (tertiary alicyclic amines) is 1. The molecule has 1 heterocycles. The van der Waals surface area contributed by atoms with Crippen molar-refractivity contribution in [2.24, 2.45) is 23.0 Å². The quantitative estimate of drug-likeness (QED) is 0.734. The fourth-order valence-electron chi connectivity index (χ4n) is 4.04. The minimum atomic E-state index is 0.435. The number of nitrogens with two attached hydrogens (primary N) is 1. The van der Waals surface area contributed by atoms with Crippen LogP contribution in [0.5, 0.6) is 0 Å². The Morgan fingerprint density at radius 1 is 1.00 bits per heavy atom. The molecule has 2 aliphatic rings. The zero-order valence-corrected chi connectivity index (χ0v) is 13.5. The lowest BCUT2D eigenvalue weighted by molar-refractivity contribution is 0.104. The molecule has 2 fully saturated rings. The maximum absolute atomic E-state index is 6.15. The molecule has 19 heavy (non-hydrogen) atoms. The van der Waals surface area contributed by atoms with Crippen LogP contribution in [0.4, 0.5) is 0 Å². The summed E-state index contributed by atoms with van der Waals surface area (Å²) in [5.74, 6) is 1.59. The van der Waals surface area contributed by atoms with E-state index in [2.05, 4.69) is 32.6 Å². The van der Waals surface area contributed by atoms with Crippen molar-refractivity contribution in [3.05, 3.63) is 0 Å². The highest BCUT2D eigenvalue weighted by atomic mass is 15.2. The molecule has 4 atom stereocenters. The maximum atomic E-state index is 6.15. The molecular formula is C17H34N2. The van der Waals surface area contributed by atoms with E-state index in [0.29, 0.717) is 17.4 Å². The van der Waals surface area contributed by atoms with Crippen LogP contribution in [-0.4, -0.2) is 30.1 Å². The van der Waals surface area contributed by atoms with E-state index in [1.165, 1.54) is 51.6 Å². The van der Waals surface area contributed by atoms with Gasteiger partial charge in [-0.2, -0.15) is 0 Å². The predicted octanol–water partition coefficient (Wildman–Crippen LogP) is 3.65. The summed E-state index contributed by atoms with van der Waals surface area (Å²) in [4.78, 5) is 2.75. The number of rotatable bonds is 1. The Morgan fingerprint density at radius 3 is 2.37 bits per heavy atom. The zero-order valence-electron chi connectivity index (χ0n) is 13.5. The van der Waals surface area contributed by atoms with Crippen LogP contribution in [0.15, 0.2) is 0 Å². The lowest BCUT2D eigenvalue weighted by Gasteiger charge is -2.40. The highest BCUT2D eigenvalue weighted by Gasteiger charge is 2.32. The Bertz CT molecular complexity index is 281. The second-order valence-corrected chi connectivity index (χ2v) is 8.15. The van der Waals surface area contributed by atoms with Crippen molar-refractivity contribution in [1.82, 2.24) is 4.90 Å². The average Bonchev–Trinajstić information content (AvgIpc) is 2.57. The minimum absolute atomic E-state index is 0.435. The van der Waals surface area contributed by atoms with Crippen LogP contribution < -0.4 is 5.73 Å². The van der Waals surface area contributed by atoms with Gasteiger partial charge >= 0.3 is 0 Å². The molecule has 0 amide bonds. The lowest BCUT2D eigenvalue weighted by Crippen LogP contribution is -2.49. The van der Waals surface area contributed by atoms with Gasteiger partial charge < -0.3 is 10.6 Å². The lowest BCUT2D eigenvalue weighted by atomic mass is 9.76. The maximum Gasteiger partial charge on any atom is 0.00955 e. The van der Waals surface area contributed by atoms with Crippen molar-refractivity contribution in [2.45, 2.75) is 78.3 Å². The average molecular weight is 266 g/mol. The molecule has 2 rings (SSSR count). The molecule has 0 aromatic heterocycles. The van der Waals surface area contributed by atoms with Crippen LogP contribution in [0.25, 0.3) is 0 Å². The number of piperidine rings is 1. The van der Waals surface area contributed by atoms with Gasteiger partial charge in [-0.1, -0.05) is 34.1 Å². The molecular weight excluding hydrogens is 232 g/mol. The molecule has 0 aromatic carbocycles. The largest absolute Gasteiger partial charge is 0.327 e. The normalized spacial score (nSPS) is 39.0. The van der Waals surface area contributed by atoms with E-state index >= 15 is 0 Å². The van der Waals surface area contributed by atoms with E-state index in [9.17, 15) is 0 Å². The van der Waals surface area contributed by atoms with E-state index in [4.69, 9.17) is 5.73 Å². The van der Waals surface area contributed by atoms with E-state index in [1.807, 2.05) is 0 Å². The highest BCUT2D eigenvalue weighted by molar-refractivity contribution is 4.87. The van der Waals surface area contributed by atoms with Crippen molar-refractivity contribution in [3.8, 4) is 0 Å². The highest BCUT2D eigenvalue weighted by Crippen LogP contribution is 2.38. The fraction of sp³-hybridized carbons (Fsp3) is 1.00. The van der Waals surface area contributed by atoms with Gasteiger partial charge in [-0.25, -0.2) is 0 Å². The Morgan fingerprint density at radius 2 is 1.74 bits per heavy atom. The number of hydrogen-bond donors (Lipinski definition) is 1. The van der Waals surface area contributed by atoms with Gasteiger partial charge in [0.15, 0.2) is 0 Å². The third-order valence-electron chi connectivity index (χ3n) is 5.68. The first-order valence-corrected chi connectivity index (χ1v) is 8.37. The Hall–Kier alpha value is -0.0800. The Balaban J connectivity index is 1.89. The second kappa shape index (κ2) is 6.13. The molecule has 2 N–H and O–H groups in total. The molecule has 1 aliphatic carbocycles. The first-order chi connectivity index (χ1) is 8.88. The van der Waals surface area contributed by atoms with Gasteiger partial charge in [0.2, 0.25) is 0 Å². The molecule has 4 unspecified atom stereocenters. The molecule has 2 nitrogen and oxygen atoms in total. The van der Waals surface area contributed by atoms with Crippen molar-refractivity contribution >= 4 is 0 Å². The van der Waals surface area contributed by atoms with Gasteiger partial charge in [-0.15, -0.1) is 0 Å². The van der Waals surface area contributed by atoms with Crippen molar-refractivity contribution in [1.29, 1.82) is 0 Å². The van der Waals surface area contributed by atoms with Crippen LogP contribution in [0, 0.1) is 17.3 Å². The van der Waals surface area contributed by atoms with Gasteiger partial charge in [0.25, 0.3) is 0 Å². The fourth-order valence-corrected chi connectivity index (χ4v) is 4.04. The summed E-state index contributed by atoms with van der Waals surface area (Å²) in [6.45, 7) is 12.0. The van der Waals surface area contributed by atoms with E-state index in [-0.39, 0.29) is 0 Å². The summed E-state index contributed by atoms with van der Waals surface area (Å²) in [5, 5.41) is 0. The molecule has 1 saturated heterocycles. The molecule has 0 aromatic rings. The SMILES string of the molecule is CC1CN(C2CCCC(C(C)(C)C)CC2)CCC1N. The minimum Gasteiger partial charge on any atom is -0.327 e. The zero-order chi connectivity index (χ0) is 14.0. The molecule has 0 spiro atoms. The summed E-state index contributed by atoms with van der Waals surface area (Å²) < 4.78 is 0. The van der Waals surface area contributed by atoms with Gasteiger partial charge in [0.1, 0.15) is 0 Å². The number of nitrogens with zero attached hydrogens (tertiary/aromatic N) is 1. The third-order valence-corrected chi connectivity index (χ3v) is 5.68. The number of hydrogen-bond acceptors (Lipinski definition) is 2. The van der Waals surface area contributed by atoms with Crippen LogP contribution in [0.2, 0.25) is 0 Å². The van der Waals surface area contributed by atoms with Crippen LogP contribution in [0.3, 0.4) is 0 Å². The second-order valence-electron chi connectivity index (χ2n) is 8.15. The first kappa shape index (κ1) is 15.3. The smallest absolute Gasteiger partial charge is 0.00955 e. The van der Waals surface area contributed by atoms with Gasteiger partial charge in [-0.05, 0) is 55.9 Å². The molecule has 1 aliphatic heterocycles. The van der Waals surface area contributed by atoms with Crippen LogP contribution in [0.1, 0.15) is 66.2 Å².